The van der Waals surface area contributed by atoms with Gasteiger partial charge in [0, 0.05) is 16.0 Å². The minimum atomic E-state index is -0.104. The number of nitrogens with two attached hydrogens (primary N) is 1. The Kier molecular flexibility index (Phi) is 3.89. The lowest BCUT2D eigenvalue weighted by molar-refractivity contribution is 0.523. The molecule has 0 unspecified atom stereocenters. The van der Waals surface area contributed by atoms with Crippen LogP contribution in [0.5, 0.6) is 0 Å². The maximum absolute atomic E-state index is 6.01. The fourth-order valence-corrected chi connectivity index (χ4v) is 3.44. The van der Waals surface area contributed by atoms with Gasteiger partial charge in [-0.15, -0.1) is 21.5 Å². The summed E-state index contributed by atoms with van der Waals surface area (Å²) in [5, 5.41) is 9.00. The molecule has 7 heteroatoms. The van der Waals surface area contributed by atoms with Crippen molar-refractivity contribution in [2.75, 3.05) is 5.84 Å². The minimum absolute atomic E-state index is 0.104. The predicted octanol–water partition coefficient (Wildman–Crippen LogP) is 3.30. The van der Waals surface area contributed by atoms with Crippen LogP contribution in [0, 0.1) is 0 Å². The van der Waals surface area contributed by atoms with Crippen LogP contribution in [0.2, 0.25) is 4.34 Å². The standard InChI is InChI=1S/C11H15ClN4S2/c1-11(2,3)9-14-15-10(16(9)13)17-6-7-4-5-8(12)18-7/h4-5H,6,13H2,1-3H3. The molecule has 18 heavy (non-hydrogen) atoms. The van der Waals surface area contributed by atoms with E-state index in [-0.39, 0.29) is 5.41 Å². The van der Waals surface area contributed by atoms with E-state index in [1.54, 1.807) is 27.8 Å². The molecule has 0 bridgehead atoms. The molecular weight excluding hydrogens is 288 g/mol. The summed E-state index contributed by atoms with van der Waals surface area (Å²) in [5.41, 5.74) is -0.104. The number of aromatic nitrogens is 3. The Morgan fingerprint density at radius 1 is 1.39 bits per heavy atom. The Balaban J connectivity index is 2.09. The average molecular weight is 303 g/mol. The molecule has 0 atom stereocenters. The molecule has 0 fully saturated rings. The highest BCUT2D eigenvalue weighted by molar-refractivity contribution is 7.98. The van der Waals surface area contributed by atoms with Crippen LogP contribution in [0.3, 0.4) is 0 Å². The van der Waals surface area contributed by atoms with Gasteiger partial charge in [0.25, 0.3) is 0 Å². The number of hydrogen-bond donors (Lipinski definition) is 1. The zero-order chi connectivity index (χ0) is 13.3. The molecule has 0 saturated carbocycles. The van der Waals surface area contributed by atoms with Crippen LogP contribution in [0.25, 0.3) is 0 Å². The zero-order valence-electron chi connectivity index (χ0n) is 10.5. The smallest absolute Gasteiger partial charge is 0.210 e. The predicted molar refractivity (Wildman–Crippen MR) is 77.8 cm³/mol. The molecule has 4 nitrogen and oxygen atoms in total. The molecule has 0 aliphatic carbocycles. The van der Waals surface area contributed by atoms with E-state index in [1.807, 2.05) is 12.1 Å². The van der Waals surface area contributed by atoms with Gasteiger partial charge in [0.15, 0.2) is 5.82 Å². The highest BCUT2D eigenvalue weighted by Crippen LogP contribution is 2.29. The fraction of sp³-hybridized carbons (Fsp3) is 0.455. The summed E-state index contributed by atoms with van der Waals surface area (Å²) in [6.07, 6.45) is 0. The van der Waals surface area contributed by atoms with Crippen LogP contribution < -0.4 is 5.84 Å². The number of rotatable bonds is 3. The quantitative estimate of drug-likeness (QED) is 0.698. The molecule has 0 radical (unpaired) electrons. The summed E-state index contributed by atoms with van der Waals surface area (Å²) in [6.45, 7) is 6.19. The van der Waals surface area contributed by atoms with Crippen LogP contribution >= 0.6 is 34.7 Å². The van der Waals surface area contributed by atoms with Crippen LogP contribution in [0.15, 0.2) is 17.3 Å². The van der Waals surface area contributed by atoms with Crippen molar-refractivity contribution < 1.29 is 0 Å². The van der Waals surface area contributed by atoms with E-state index in [9.17, 15) is 0 Å². The maximum Gasteiger partial charge on any atom is 0.210 e. The first-order valence-electron chi connectivity index (χ1n) is 5.46. The van der Waals surface area contributed by atoms with Crippen molar-refractivity contribution >= 4 is 34.7 Å². The topological polar surface area (TPSA) is 56.7 Å². The van der Waals surface area contributed by atoms with E-state index in [2.05, 4.69) is 31.0 Å². The van der Waals surface area contributed by atoms with Gasteiger partial charge in [-0.25, -0.2) is 4.68 Å². The lowest BCUT2D eigenvalue weighted by atomic mass is 9.96. The third-order valence-electron chi connectivity index (χ3n) is 2.31. The summed E-state index contributed by atoms with van der Waals surface area (Å²) in [6, 6.07) is 3.91. The summed E-state index contributed by atoms with van der Waals surface area (Å²) >= 11 is 9.03. The van der Waals surface area contributed by atoms with Crippen molar-refractivity contribution in [3.05, 3.63) is 27.2 Å². The van der Waals surface area contributed by atoms with E-state index in [0.717, 1.165) is 21.1 Å². The molecule has 0 saturated heterocycles. The number of thiophene rings is 1. The average Bonchev–Trinajstić information content (AvgIpc) is 2.81. The third kappa shape index (κ3) is 2.99. The van der Waals surface area contributed by atoms with Crippen molar-refractivity contribution in [2.24, 2.45) is 0 Å². The Morgan fingerprint density at radius 2 is 2.11 bits per heavy atom. The second-order valence-electron chi connectivity index (χ2n) is 4.92. The number of nitrogen functional groups attached to an aromatic ring is 1. The summed E-state index contributed by atoms with van der Waals surface area (Å²) < 4.78 is 2.37. The Labute approximate surface area is 120 Å². The summed E-state index contributed by atoms with van der Waals surface area (Å²) in [7, 11) is 0. The molecule has 98 valence electrons. The normalized spacial score (nSPS) is 12.0. The lowest BCUT2D eigenvalue weighted by Crippen LogP contribution is -2.24. The van der Waals surface area contributed by atoms with E-state index in [1.165, 1.54) is 4.88 Å². The van der Waals surface area contributed by atoms with Crippen molar-refractivity contribution in [3.63, 3.8) is 0 Å². The number of hydrogen-bond acceptors (Lipinski definition) is 5. The van der Waals surface area contributed by atoms with Crippen molar-refractivity contribution in [3.8, 4) is 0 Å². The molecule has 0 aliphatic heterocycles. The molecule has 2 rings (SSSR count). The highest BCUT2D eigenvalue weighted by atomic mass is 35.5. The molecule has 2 N–H and O–H groups in total. The zero-order valence-corrected chi connectivity index (χ0v) is 12.9. The molecule has 0 aromatic carbocycles. The van der Waals surface area contributed by atoms with Gasteiger partial charge in [-0.1, -0.05) is 44.1 Å². The van der Waals surface area contributed by atoms with Crippen LogP contribution in [-0.4, -0.2) is 14.9 Å². The van der Waals surface area contributed by atoms with E-state index in [4.69, 9.17) is 17.4 Å². The highest BCUT2D eigenvalue weighted by Gasteiger charge is 2.22. The molecule has 2 heterocycles. The first-order valence-corrected chi connectivity index (χ1v) is 7.64. The second kappa shape index (κ2) is 5.11. The first kappa shape index (κ1) is 13.7. The molecule has 0 spiro atoms. The fourth-order valence-electron chi connectivity index (χ4n) is 1.45. The van der Waals surface area contributed by atoms with Gasteiger partial charge in [0.1, 0.15) is 0 Å². The number of halogens is 1. The largest absolute Gasteiger partial charge is 0.336 e. The monoisotopic (exact) mass is 302 g/mol. The third-order valence-corrected chi connectivity index (χ3v) is 4.71. The van der Waals surface area contributed by atoms with Gasteiger partial charge in [0.05, 0.1) is 4.34 Å². The molecule has 0 aliphatic rings. The molecule has 2 aromatic heterocycles. The Bertz CT molecular complexity index is 541. The molecule has 2 aromatic rings. The number of nitrogens with zero attached hydrogens (tertiary/aromatic N) is 3. The van der Waals surface area contributed by atoms with Gasteiger partial charge >= 0.3 is 0 Å². The summed E-state index contributed by atoms with van der Waals surface area (Å²) in [4.78, 5) is 1.20. The van der Waals surface area contributed by atoms with Crippen molar-refractivity contribution in [2.45, 2.75) is 37.1 Å². The van der Waals surface area contributed by atoms with E-state index < -0.39 is 0 Å². The van der Waals surface area contributed by atoms with Crippen molar-refractivity contribution in [1.29, 1.82) is 0 Å². The first-order chi connectivity index (χ1) is 8.38. The van der Waals surface area contributed by atoms with Crippen LogP contribution in [0.4, 0.5) is 0 Å². The second-order valence-corrected chi connectivity index (χ2v) is 7.66. The van der Waals surface area contributed by atoms with E-state index >= 15 is 0 Å². The van der Waals surface area contributed by atoms with Gasteiger partial charge < -0.3 is 5.84 Å². The molecular formula is C11H15ClN4S2. The van der Waals surface area contributed by atoms with Gasteiger partial charge in [-0.3, -0.25) is 0 Å². The molecule has 0 amide bonds. The maximum atomic E-state index is 6.01. The van der Waals surface area contributed by atoms with Crippen LogP contribution in [0.1, 0.15) is 31.5 Å². The Morgan fingerprint density at radius 3 is 2.61 bits per heavy atom. The van der Waals surface area contributed by atoms with Gasteiger partial charge in [0.2, 0.25) is 5.16 Å². The Hall–Kier alpha value is -0.720. The van der Waals surface area contributed by atoms with Gasteiger partial charge in [-0.05, 0) is 12.1 Å². The summed E-state index contributed by atoms with van der Waals surface area (Å²) in [5.74, 6) is 7.60. The van der Waals surface area contributed by atoms with E-state index in [0.29, 0.717) is 0 Å². The number of thioether (sulfide) groups is 1. The van der Waals surface area contributed by atoms with Gasteiger partial charge in [-0.2, -0.15) is 0 Å². The SMILES string of the molecule is CC(C)(C)c1nnc(SCc2ccc(Cl)s2)n1N. The van der Waals surface area contributed by atoms with Crippen LogP contribution in [-0.2, 0) is 11.2 Å². The lowest BCUT2D eigenvalue weighted by Gasteiger charge is -2.16. The van der Waals surface area contributed by atoms with Crippen molar-refractivity contribution in [1.82, 2.24) is 14.9 Å². The minimum Gasteiger partial charge on any atom is -0.336 e.